The average Bonchev–Trinajstić information content (AvgIpc) is 2.43. The highest BCUT2D eigenvalue weighted by Gasteiger charge is 2.02. The number of hydrogen-bond donors (Lipinski definition) is 1. The fourth-order valence-electron chi connectivity index (χ4n) is 1.55. The Morgan fingerprint density at radius 2 is 1.79 bits per heavy atom. The fraction of sp³-hybridized carbons (Fsp3) is 0.571. The summed E-state index contributed by atoms with van der Waals surface area (Å²) in [6, 6.07) is 7.54. The van der Waals surface area contributed by atoms with Gasteiger partial charge in [0.15, 0.2) is 11.5 Å². The average molecular weight is 269 g/mol. The Labute approximate surface area is 114 Å². The molecule has 0 heterocycles. The Bertz CT molecular complexity index is 346. The van der Waals surface area contributed by atoms with Crippen molar-refractivity contribution in [2.45, 2.75) is 0 Å². The van der Waals surface area contributed by atoms with E-state index in [1.807, 2.05) is 36.2 Å². The monoisotopic (exact) mass is 269 g/mol. The Morgan fingerprint density at radius 1 is 1.05 bits per heavy atom. The van der Waals surface area contributed by atoms with E-state index in [1.54, 1.807) is 7.11 Å². The first kappa shape index (κ1) is 15.8. The second kappa shape index (κ2) is 9.61. The normalized spacial score (nSPS) is 10.7. The maximum absolute atomic E-state index is 8.74. The third-order valence-corrected chi connectivity index (χ3v) is 2.65. The van der Waals surface area contributed by atoms with Gasteiger partial charge in [0.25, 0.3) is 0 Å². The molecular weight excluding hydrogens is 246 g/mol. The van der Waals surface area contributed by atoms with Gasteiger partial charge in [0.05, 0.1) is 26.9 Å². The summed E-state index contributed by atoms with van der Waals surface area (Å²) in [7, 11) is 3.57. The van der Waals surface area contributed by atoms with Crippen molar-refractivity contribution in [1.29, 1.82) is 0 Å². The van der Waals surface area contributed by atoms with Crippen LogP contribution in [0.25, 0.3) is 0 Å². The fourth-order valence-corrected chi connectivity index (χ4v) is 1.55. The highest BCUT2D eigenvalue weighted by Crippen LogP contribution is 2.25. The van der Waals surface area contributed by atoms with E-state index >= 15 is 0 Å². The molecule has 1 aromatic rings. The van der Waals surface area contributed by atoms with E-state index in [4.69, 9.17) is 19.3 Å². The molecule has 0 atom stereocenters. The van der Waals surface area contributed by atoms with Crippen LogP contribution in [0.4, 0.5) is 0 Å². The highest BCUT2D eigenvalue weighted by atomic mass is 16.5. The first-order valence-corrected chi connectivity index (χ1v) is 6.41. The van der Waals surface area contributed by atoms with Gasteiger partial charge in [-0.1, -0.05) is 12.1 Å². The van der Waals surface area contributed by atoms with Crippen molar-refractivity contribution in [2.24, 2.45) is 0 Å². The molecule has 1 rings (SSSR count). The Kier molecular flexibility index (Phi) is 7.97. The number of benzene rings is 1. The summed E-state index contributed by atoms with van der Waals surface area (Å²) in [6.07, 6.45) is 0. The van der Waals surface area contributed by atoms with Crippen LogP contribution in [0.3, 0.4) is 0 Å². The number of methoxy groups -OCH3 is 1. The van der Waals surface area contributed by atoms with Gasteiger partial charge >= 0.3 is 0 Å². The van der Waals surface area contributed by atoms with Crippen molar-refractivity contribution < 1.29 is 19.3 Å². The molecule has 5 heteroatoms. The van der Waals surface area contributed by atoms with Crippen molar-refractivity contribution in [1.82, 2.24) is 4.90 Å². The lowest BCUT2D eigenvalue weighted by Gasteiger charge is -2.15. The first-order chi connectivity index (χ1) is 9.27. The van der Waals surface area contributed by atoms with Gasteiger partial charge < -0.3 is 24.2 Å². The molecule has 0 aromatic heterocycles. The summed E-state index contributed by atoms with van der Waals surface area (Å²) in [6.45, 7) is 3.30. The zero-order chi connectivity index (χ0) is 13.9. The second-order valence-electron chi connectivity index (χ2n) is 4.14. The highest BCUT2D eigenvalue weighted by molar-refractivity contribution is 5.39. The quantitative estimate of drug-likeness (QED) is 0.643. The zero-order valence-corrected chi connectivity index (χ0v) is 11.7. The van der Waals surface area contributed by atoms with Crippen molar-refractivity contribution in [3.63, 3.8) is 0 Å². The zero-order valence-electron chi connectivity index (χ0n) is 11.7. The van der Waals surface area contributed by atoms with Gasteiger partial charge in [0.1, 0.15) is 6.61 Å². The Morgan fingerprint density at radius 3 is 2.47 bits per heavy atom. The van der Waals surface area contributed by atoms with Gasteiger partial charge in [-0.25, -0.2) is 0 Å². The van der Waals surface area contributed by atoms with Gasteiger partial charge in [-0.2, -0.15) is 0 Å². The summed E-state index contributed by atoms with van der Waals surface area (Å²) in [4.78, 5) is 2.01. The summed E-state index contributed by atoms with van der Waals surface area (Å²) in [5.41, 5.74) is 0. The number of aliphatic hydroxyl groups is 1. The summed E-state index contributed by atoms with van der Waals surface area (Å²) >= 11 is 0. The Hall–Kier alpha value is -1.30. The number of para-hydroxylation sites is 2. The molecule has 0 amide bonds. The van der Waals surface area contributed by atoms with Gasteiger partial charge in [-0.05, 0) is 19.2 Å². The number of likely N-dealkylation sites (N-methyl/N-ethyl adjacent to an activating group) is 1. The third kappa shape index (κ3) is 6.42. The van der Waals surface area contributed by atoms with Crippen molar-refractivity contribution in [2.75, 3.05) is 53.7 Å². The van der Waals surface area contributed by atoms with Crippen LogP contribution in [0.15, 0.2) is 24.3 Å². The number of aliphatic hydroxyl groups excluding tert-OH is 1. The van der Waals surface area contributed by atoms with Gasteiger partial charge in [-0.15, -0.1) is 0 Å². The predicted molar refractivity (Wildman–Crippen MR) is 73.9 cm³/mol. The van der Waals surface area contributed by atoms with Crippen LogP contribution in [0.5, 0.6) is 11.5 Å². The molecule has 1 aromatic carbocycles. The minimum atomic E-state index is 0.174. The second-order valence-corrected chi connectivity index (χ2v) is 4.14. The number of nitrogens with zero attached hydrogens (tertiary/aromatic N) is 1. The van der Waals surface area contributed by atoms with Crippen LogP contribution in [0, 0.1) is 0 Å². The van der Waals surface area contributed by atoms with Gasteiger partial charge in [0.2, 0.25) is 0 Å². The van der Waals surface area contributed by atoms with Crippen LogP contribution in [0.1, 0.15) is 0 Å². The molecule has 5 nitrogen and oxygen atoms in total. The standard InChI is InChI=1S/C14H23NO4/c1-15(7-9-16)8-10-18-11-12-19-14-6-4-3-5-13(14)17-2/h3-6,16H,7-12H2,1-2H3. The smallest absolute Gasteiger partial charge is 0.161 e. The van der Waals surface area contributed by atoms with E-state index < -0.39 is 0 Å². The lowest BCUT2D eigenvalue weighted by molar-refractivity contribution is 0.0805. The molecule has 0 unspecified atom stereocenters. The molecule has 0 bridgehead atoms. The van der Waals surface area contributed by atoms with E-state index in [0.29, 0.717) is 26.4 Å². The third-order valence-electron chi connectivity index (χ3n) is 2.65. The van der Waals surface area contributed by atoms with Crippen molar-refractivity contribution >= 4 is 0 Å². The maximum atomic E-state index is 8.74. The SMILES string of the molecule is COc1ccccc1OCCOCCN(C)CCO. The molecule has 0 fully saturated rings. The first-order valence-electron chi connectivity index (χ1n) is 6.41. The minimum Gasteiger partial charge on any atom is -0.493 e. The molecule has 19 heavy (non-hydrogen) atoms. The minimum absolute atomic E-state index is 0.174. The van der Waals surface area contributed by atoms with Crippen LogP contribution in [-0.2, 0) is 4.74 Å². The maximum Gasteiger partial charge on any atom is 0.161 e. The predicted octanol–water partition coefficient (Wildman–Crippen LogP) is 1.01. The molecule has 0 saturated heterocycles. The molecule has 0 aliphatic heterocycles. The molecule has 0 aliphatic carbocycles. The summed E-state index contributed by atoms with van der Waals surface area (Å²) in [5.74, 6) is 1.45. The summed E-state index contributed by atoms with van der Waals surface area (Å²) in [5, 5.41) is 8.74. The largest absolute Gasteiger partial charge is 0.493 e. The van der Waals surface area contributed by atoms with E-state index in [1.165, 1.54) is 0 Å². The molecule has 0 aliphatic rings. The molecular formula is C14H23NO4. The molecule has 1 N–H and O–H groups in total. The van der Waals surface area contributed by atoms with Gasteiger partial charge in [-0.3, -0.25) is 0 Å². The molecule has 0 saturated carbocycles. The molecule has 108 valence electrons. The van der Waals surface area contributed by atoms with Crippen molar-refractivity contribution in [3.05, 3.63) is 24.3 Å². The number of hydrogen-bond acceptors (Lipinski definition) is 5. The number of ether oxygens (including phenoxy) is 3. The number of rotatable bonds is 10. The van der Waals surface area contributed by atoms with Crippen LogP contribution >= 0.6 is 0 Å². The lowest BCUT2D eigenvalue weighted by atomic mass is 10.3. The van der Waals surface area contributed by atoms with Crippen LogP contribution in [0.2, 0.25) is 0 Å². The lowest BCUT2D eigenvalue weighted by Crippen LogP contribution is -2.26. The Balaban J connectivity index is 2.10. The summed E-state index contributed by atoms with van der Waals surface area (Å²) < 4.78 is 16.2. The van der Waals surface area contributed by atoms with Crippen molar-refractivity contribution in [3.8, 4) is 11.5 Å². The van der Waals surface area contributed by atoms with E-state index in [-0.39, 0.29) is 6.61 Å². The molecule has 0 radical (unpaired) electrons. The van der Waals surface area contributed by atoms with Gasteiger partial charge in [0, 0.05) is 13.1 Å². The van der Waals surface area contributed by atoms with E-state index in [9.17, 15) is 0 Å². The topological polar surface area (TPSA) is 51.2 Å². The van der Waals surface area contributed by atoms with E-state index in [2.05, 4.69) is 0 Å². The van der Waals surface area contributed by atoms with Crippen LogP contribution < -0.4 is 9.47 Å². The molecule has 0 spiro atoms. The van der Waals surface area contributed by atoms with Crippen LogP contribution in [-0.4, -0.2) is 63.7 Å². The van der Waals surface area contributed by atoms with E-state index in [0.717, 1.165) is 18.0 Å².